The number of hydrogen-bond acceptors (Lipinski definition) is 20. The Bertz CT molecular complexity index is 2090. The Morgan fingerprint density at radius 1 is 0.746 bits per heavy atom. The molecule has 0 aliphatic carbocycles. The lowest BCUT2D eigenvalue weighted by molar-refractivity contribution is -0.394. The third-order valence-electron chi connectivity index (χ3n) is 6.71. The molecule has 26 nitrogen and oxygen atoms in total. The summed E-state index contributed by atoms with van der Waals surface area (Å²) < 4.78 is 18.9. The van der Waals surface area contributed by atoms with E-state index < -0.39 is 92.1 Å². The highest BCUT2D eigenvalue weighted by Gasteiger charge is 2.33. The zero-order valence-electron chi connectivity index (χ0n) is 31.3. The fraction of sp³-hybridized carbons (Fsp3) is 0.323. The van der Waals surface area contributed by atoms with Gasteiger partial charge in [-0.05, 0) is 33.8 Å². The second-order valence-electron chi connectivity index (χ2n) is 12.3. The molecule has 4 rings (SSSR count). The number of nitrogens with two attached hydrogens (primary N) is 1. The number of aromatic carboxylic acids is 1. The van der Waals surface area contributed by atoms with E-state index in [-0.39, 0.29) is 35.0 Å². The van der Waals surface area contributed by atoms with E-state index in [1.54, 1.807) is 13.8 Å². The molecule has 0 saturated heterocycles. The number of nitro groups is 5. The van der Waals surface area contributed by atoms with Crippen LogP contribution in [0.5, 0.6) is 5.75 Å². The predicted octanol–water partition coefficient (Wildman–Crippen LogP) is 5.41. The SMILES string of the molecule is CC(C)(N)OCO.COC(=O)c1cc([N+](=O)[O-])c(Cl)c([N+](=O)[O-])c1.COC(=O)c1cc2c(c([N+](=O)[O-])c1)NC(C)(C)CO2.O=C(O)c1cc([N+](=O)[O-])c(Cl)c([N+](=O)[O-])c1. The van der Waals surface area contributed by atoms with Crippen LogP contribution in [-0.2, 0) is 14.2 Å². The number of aliphatic hydroxyl groups excluding tert-OH is 1. The summed E-state index contributed by atoms with van der Waals surface area (Å²) in [5, 5.41) is 71.7. The lowest BCUT2D eigenvalue weighted by Crippen LogP contribution is -2.41. The van der Waals surface area contributed by atoms with Crippen LogP contribution in [0, 0.1) is 50.6 Å². The first kappa shape index (κ1) is 50.1. The highest BCUT2D eigenvalue weighted by atomic mass is 35.5. The maximum absolute atomic E-state index is 11.5. The minimum atomic E-state index is -1.51. The van der Waals surface area contributed by atoms with Gasteiger partial charge in [-0.2, -0.15) is 0 Å². The molecule has 3 aromatic rings. The molecule has 0 radical (unpaired) electrons. The van der Waals surface area contributed by atoms with Crippen LogP contribution in [0.2, 0.25) is 10.0 Å². The number of methoxy groups -OCH3 is 2. The van der Waals surface area contributed by atoms with Crippen molar-refractivity contribution in [2.75, 3.05) is 32.9 Å². The number of fused-ring (bicyclic) bond motifs is 1. The normalized spacial score (nSPS) is 12.0. The Balaban J connectivity index is 0.000000411. The summed E-state index contributed by atoms with van der Waals surface area (Å²) in [6.07, 6.45) is 0. The average Bonchev–Trinajstić information content (AvgIpc) is 3.13. The van der Waals surface area contributed by atoms with Gasteiger partial charge in [-0.15, -0.1) is 0 Å². The van der Waals surface area contributed by atoms with E-state index >= 15 is 0 Å². The topological polar surface area (TPSA) is 382 Å². The van der Waals surface area contributed by atoms with Gasteiger partial charge in [0.15, 0.2) is 21.5 Å². The van der Waals surface area contributed by atoms with Crippen molar-refractivity contribution < 1.29 is 68.2 Å². The van der Waals surface area contributed by atoms with E-state index in [0.717, 1.165) is 19.2 Å². The number of halogens is 2. The standard InChI is InChI=1S/C12H14N2O5.C8H5ClN2O6.C7H3ClN2O6.C4H11NO2/c1-12(2)6-19-9-5-7(11(15)18-3)4-8(14(16)17)10(9)13-12;1-17-8(12)4-2-5(10(13)14)7(9)6(3-4)11(15)16;8-6-4(9(13)14)1-3(7(11)12)2-5(6)10(15)16;1-4(2,5)7-3-6/h4-5,13H,6H2,1-3H3;2-3H,1H3;1-2H,(H,11,12);6H,3,5H2,1-2H3. The molecule has 5 N–H and O–H groups in total. The van der Waals surface area contributed by atoms with Crippen molar-refractivity contribution in [1.82, 2.24) is 0 Å². The van der Waals surface area contributed by atoms with Crippen LogP contribution in [0.3, 0.4) is 0 Å². The van der Waals surface area contributed by atoms with E-state index in [0.29, 0.717) is 18.7 Å². The molecule has 0 spiro atoms. The van der Waals surface area contributed by atoms with Gasteiger partial charge in [0.05, 0.1) is 61.1 Å². The second-order valence-corrected chi connectivity index (χ2v) is 13.0. The number of carboxylic acid groups (broad SMARTS) is 1. The van der Waals surface area contributed by atoms with Crippen molar-refractivity contribution in [3.8, 4) is 5.75 Å². The van der Waals surface area contributed by atoms with Gasteiger partial charge in [0.1, 0.15) is 19.1 Å². The van der Waals surface area contributed by atoms with Crippen molar-refractivity contribution in [2.24, 2.45) is 5.73 Å². The average molecular weight is 879 g/mol. The molecule has 0 aromatic heterocycles. The molecule has 1 aliphatic heterocycles. The number of rotatable bonds is 10. The van der Waals surface area contributed by atoms with E-state index in [9.17, 15) is 65.0 Å². The minimum Gasteiger partial charge on any atom is -0.489 e. The summed E-state index contributed by atoms with van der Waals surface area (Å²) in [7, 11) is 2.27. The number of carbonyl (C=O) groups excluding carboxylic acids is 2. The molecule has 0 amide bonds. The van der Waals surface area contributed by atoms with Gasteiger partial charge in [-0.1, -0.05) is 23.2 Å². The molecule has 0 bridgehead atoms. The highest BCUT2D eigenvalue weighted by molar-refractivity contribution is 6.35. The smallest absolute Gasteiger partial charge is 0.338 e. The Morgan fingerprint density at radius 2 is 1.08 bits per heavy atom. The fourth-order valence-electron chi connectivity index (χ4n) is 4.10. The Hall–Kier alpha value is -6.87. The number of nitrogens with one attached hydrogen (secondary N) is 1. The molecule has 0 unspecified atom stereocenters. The number of nitro benzene ring substituents is 5. The summed E-state index contributed by atoms with van der Waals surface area (Å²) in [6, 6.07) is 5.59. The number of nitrogens with zero attached hydrogens (tertiary/aromatic N) is 5. The molecule has 3 aromatic carbocycles. The number of hydrogen-bond donors (Lipinski definition) is 4. The molecule has 1 aliphatic rings. The summed E-state index contributed by atoms with van der Waals surface area (Å²) in [6.45, 7) is 7.11. The lowest BCUT2D eigenvalue weighted by atomic mass is 10.0. The van der Waals surface area contributed by atoms with Crippen LogP contribution in [0.25, 0.3) is 0 Å². The van der Waals surface area contributed by atoms with Gasteiger partial charge >= 0.3 is 17.9 Å². The Labute approximate surface area is 340 Å². The third kappa shape index (κ3) is 14.5. The van der Waals surface area contributed by atoms with E-state index in [1.807, 2.05) is 13.8 Å². The van der Waals surface area contributed by atoms with Gasteiger partial charge < -0.3 is 40.2 Å². The zero-order valence-corrected chi connectivity index (χ0v) is 32.8. The van der Waals surface area contributed by atoms with E-state index in [4.69, 9.17) is 43.9 Å². The monoisotopic (exact) mass is 877 g/mol. The first-order valence-electron chi connectivity index (χ1n) is 15.5. The molecular formula is C31H33Cl2N7O19. The lowest BCUT2D eigenvalue weighted by Gasteiger charge is -2.33. The molecule has 320 valence electrons. The van der Waals surface area contributed by atoms with Crippen LogP contribution in [0.15, 0.2) is 36.4 Å². The Kier molecular flexibility index (Phi) is 17.9. The molecule has 0 fully saturated rings. The molecule has 0 atom stereocenters. The minimum absolute atomic E-state index is 0.0921. The Morgan fingerprint density at radius 3 is 1.37 bits per heavy atom. The predicted molar refractivity (Wildman–Crippen MR) is 202 cm³/mol. The molecule has 28 heteroatoms. The maximum atomic E-state index is 11.5. The van der Waals surface area contributed by atoms with Crippen LogP contribution in [0.4, 0.5) is 34.1 Å². The number of anilines is 1. The number of esters is 2. The third-order valence-corrected chi connectivity index (χ3v) is 7.49. The van der Waals surface area contributed by atoms with Gasteiger partial charge in [0.25, 0.3) is 28.4 Å². The van der Waals surface area contributed by atoms with Crippen molar-refractivity contribution in [3.63, 3.8) is 0 Å². The van der Waals surface area contributed by atoms with Crippen molar-refractivity contribution in [3.05, 3.63) is 114 Å². The molecule has 59 heavy (non-hydrogen) atoms. The molecule has 1 heterocycles. The number of ether oxygens (including phenoxy) is 4. The van der Waals surface area contributed by atoms with Gasteiger partial charge in [0, 0.05) is 30.3 Å². The number of carbonyl (C=O) groups is 3. The van der Waals surface area contributed by atoms with Gasteiger partial charge in [0.2, 0.25) is 0 Å². The summed E-state index contributed by atoms with van der Waals surface area (Å²) in [4.78, 5) is 82.1. The maximum Gasteiger partial charge on any atom is 0.338 e. The first-order valence-corrected chi connectivity index (χ1v) is 16.3. The zero-order chi connectivity index (χ0) is 45.7. The largest absolute Gasteiger partial charge is 0.489 e. The van der Waals surface area contributed by atoms with Crippen molar-refractivity contribution >= 4 is 75.2 Å². The van der Waals surface area contributed by atoms with E-state index in [2.05, 4.69) is 19.5 Å². The fourth-order valence-corrected chi connectivity index (χ4v) is 4.59. The highest BCUT2D eigenvalue weighted by Crippen LogP contribution is 2.41. The molecule has 0 saturated carbocycles. The first-order chi connectivity index (χ1) is 27.1. The van der Waals surface area contributed by atoms with Gasteiger partial charge in [-0.3, -0.25) is 50.6 Å². The van der Waals surface area contributed by atoms with Crippen LogP contribution >= 0.6 is 23.2 Å². The van der Waals surface area contributed by atoms with Crippen LogP contribution in [0.1, 0.15) is 58.8 Å². The van der Waals surface area contributed by atoms with Crippen LogP contribution < -0.4 is 15.8 Å². The van der Waals surface area contributed by atoms with E-state index in [1.165, 1.54) is 19.2 Å². The number of carboxylic acids is 1. The summed E-state index contributed by atoms with van der Waals surface area (Å²) in [5.74, 6) is -2.79. The second kappa shape index (κ2) is 21.0. The summed E-state index contributed by atoms with van der Waals surface area (Å²) in [5.41, 5.74) is 0.385. The van der Waals surface area contributed by atoms with Gasteiger partial charge in [-0.25, -0.2) is 14.4 Å². The van der Waals surface area contributed by atoms with Crippen LogP contribution in [-0.4, -0.2) is 91.6 Å². The van der Waals surface area contributed by atoms with Crippen molar-refractivity contribution in [1.29, 1.82) is 0 Å². The number of benzene rings is 3. The van der Waals surface area contributed by atoms with Crippen molar-refractivity contribution in [2.45, 2.75) is 39.0 Å². The quantitative estimate of drug-likeness (QED) is 0.0855. The number of aliphatic hydroxyl groups is 1. The molecular weight excluding hydrogens is 845 g/mol. The summed E-state index contributed by atoms with van der Waals surface area (Å²) >= 11 is 10.9.